The highest BCUT2D eigenvalue weighted by Gasteiger charge is 2.44. The van der Waals surface area contributed by atoms with E-state index in [1.54, 1.807) is 11.3 Å². The molecule has 0 radical (unpaired) electrons. The van der Waals surface area contributed by atoms with E-state index in [1.165, 1.54) is 0 Å². The minimum Gasteiger partial charge on any atom is -0.355 e. The van der Waals surface area contributed by atoms with Crippen molar-refractivity contribution in [3.05, 3.63) is 57.8 Å². The standard InChI is InChI=1S/C23H30N2O2S/c1-15(2)11-12-24-22(26)20-17-8-5-6-9-18(17)23(27)25(14-16(3)4)21(20)19-10-7-13-28-19/h5-10,13,15-16,20-21H,11-12,14H2,1-4H3,(H,24,26)/t20-,21-/m1/s1. The first-order valence-corrected chi connectivity index (χ1v) is 11.0. The number of rotatable bonds is 7. The monoisotopic (exact) mass is 398 g/mol. The molecule has 5 heteroatoms. The van der Waals surface area contributed by atoms with Gasteiger partial charge in [-0.3, -0.25) is 9.59 Å². The first-order valence-electron chi connectivity index (χ1n) is 10.1. The Morgan fingerprint density at radius 3 is 2.50 bits per heavy atom. The molecule has 0 spiro atoms. The maximum absolute atomic E-state index is 13.3. The Kier molecular flexibility index (Phi) is 6.55. The maximum atomic E-state index is 13.3. The predicted octanol–water partition coefficient (Wildman–Crippen LogP) is 4.85. The van der Waals surface area contributed by atoms with Crippen LogP contribution in [0, 0.1) is 11.8 Å². The van der Waals surface area contributed by atoms with Crippen LogP contribution in [0.25, 0.3) is 0 Å². The topological polar surface area (TPSA) is 49.4 Å². The molecular formula is C23H30N2O2S. The fourth-order valence-electron chi connectivity index (χ4n) is 3.84. The van der Waals surface area contributed by atoms with Crippen molar-refractivity contribution < 1.29 is 9.59 Å². The van der Waals surface area contributed by atoms with Crippen LogP contribution in [0.2, 0.25) is 0 Å². The summed E-state index contributed by atoms with van der Waals surface area (Å²) in [6.45, 7) is 9.81. The predicted molar refractivity (Wildman–Crippen MR) is 115 cm³/mol. The molecule has 1 N–H and O–H groups in total. The SMILES string of the molecule is CC(C)CCNC(=O)[C@@H]1c2ccccc2C(=O)N(CC(C)C)[C@@H]1c1cccs1. The molecule has 1 aromatic carbocycles. The van der Waals surface area contributed by atoms with Gasteiger partial charge in [-0.2, -0.15) is 0 Å². The van der Waals surface area contributed by atoms with Crippen LogP contribution < -0.4 is 5.32 Å². The molecule has 0 aliphatic carbocycles. The quantitative estimate of drug-likeness (QED) is 0.725. The number of carbonyl (C=O) groups is 2. The smallest absolute Gasteiger partial charge is 0.254 e. The van der Waals surface area contributed by atoms with Gasteiger partial charge in [-0.1, -0.05) is 52.0 Å². The van der Waals surface area contributed by atoms with E-state index in [0.717, 1.165) is 16.9 Å². The van der Waals surface area contributed by atoms with Crippen LogP contribution in [0.4, 0.5) is 0 Å². The van der Waals surface area contributed by atoms with Gasteiger partial charge >= 0.3 is 0 Å². The van der Waals surface area contributed by atoms with Crippen LogP contribution in [-0.4, -0.2) is 29.8 Å². The number of thiophene rings is 1. The van der Waals surface area contributed by atoms with E-state index in [9.17, 15) is 9.59 Å². The van der Waals surface area contributed by atoms with Crippen molar-refractivity contribution in [1.29, 1.82) is 0 Å². The minimum absolute atomic E-state index is 0.00718. The van der Waals surface area contributed by atoms with Crippen LogP contribution in [0.15, 0.2) is 41.8 Å². The fraction of sp³-hybridized carbons (Fsp3) is 0.478. The summed E-state index contributed by atoms with van der Waals surface area (Å²) in [6.07, 6.45) is 0.943. The summed E-state index contributed by atoms with van der Waals surface area (Å²) in [4.78, 5) is 29.6. The Morgan fingerprint density at radius 2 is 1.86 bits per heavy atom. The summed E-state index contributed by atoms with van der Waals surface area (Å²) < 4.78 is 0. The normalized spacial score (nSPS) is 19.2. The summed E-state index contributed by atoms with van der Waals surface area (Å²) in [5.74, 6) is 0.493. The summed E-state index contributed by atoms with van der Waals surface area (Å²) in [5, 5.41) is 5.15. The molecule has 3 rings (SSSR count). The number of hydrogen-bond donors (Lipinski definition) is 1. The van der Waals surface area contributed by atoms with Gasteiger partial charge < -0.3 is 10.2 Å². The van der Waals surface area contributed by atoms with Crippen LogP contribution in [0.3, 0.4) is 0 Å². The average Bonchev–Trinajstić information content (AvgIpc) is 3.17. The van der Waals surface area contributed by atoms with Crippen molar-refractivity contribution in [3.8, 4) is 0 Å². The zero-order valence-corrected chi connectivity index (χ0v) is 18.0. The molecule has 0 saturated carbocycles. The van der Waals surface area contributed by atoms with Crippen LogP contribution in [0.1, 0.15) is 66.9 Å². The molecular weight excluding hydrogens is 368 g/mol. The summed E-state index contributed by atoms with van der Waals surface area (Å²) in [7, 11) is 0. The van der Waals surface area contributed by atoms with Gasteiger partial charge in [0.1, 0.15) is 0 Å². The van der Waals surface area contributed by atoms with E-state index < -0.39 is 5.92 Å². The third-order valence-electron chi connectivity index (χ3n) is 5.14. The first-order chi connectivity index (χ1) is 13.4. The zero-order valence-electron chi connectivity index (χ0n) is 17.1. The number of hydrogen-bond acceptors (Lipinski definition) is 3. The van der Waals surface area contributed by atoms with Crippen molar-refractivity contribution in [1.82, 2.24) is 10.2 Å². The molecule has 0 unspecified atom stereocenters. The second kappa shape index (κ2) is 8.91. The number of fused-ring (bicyclic) bond motifs is 1. The Hall–Kier alpha value is -2.14. The van der Waals surface area contributed by atoms with Gasteiger partial charge in [0.25, 0.3) is 5.91 Å². The number of nitrogens with zero attached hydrogens (tertiary/aromatic N) is 1. The molecule has 150 valence electrons. The number of carbonyl (C=O) groups excluding carboxylic acids is 2. The summed E-state index contributed by atoms with van der Waals surface area (Å²) in [6, 6.07) is 11.4. The molecule has 2 aromatic rings. The van der Waals surface area contributed by atoms with Gasteiger partial charge in [0, 0.05) is 23.5 Å². The highest BCUT2D eigenvalue weighted by atomic mass is 32.1. The van der Waals surface area contributed by atoms with E-state index in [0.29, 0.717) is 30.5 Å². The summed E-state index contributed by atoms with van der Waals surface area (Å²) in [5.41, 5.74) is 1.49. The second-order valence-electron chi connectivity index (χ2n) is 8.35. The Labute approximate surface area is 172 Å². The van der Waals surface area contributed by atoms with E-state index >= 15 is 0 Å². The second-order valence-corrected chi connectivity index (χ2v) is 9.33. The lowest BCUT2D eigenvalue weighted by Crippen LogP contribution is -2.48. The van der Waals surface area contributed by atoms with Gasteiger partial charge in [0.05, 0.1) is 12.0 Å². The largest absolute Gasteiger partial charge is 0.355 e. The number of benzene rings is 1. The van der Waals surface area contributed by atoms with Gasteiger partial charge in [0.15, 0.2) is 0 Å². The molecule has 1 aromatic heterocycles. The lowest BCUT2D eigenvalue weighted by Gasteiger charge is -2.42. The van der Waals surface area contributed by atoms with Crippen LogP contribution in [0.5, 0.6) is 0 Å². The lowest BCUT2D eigenvalue weighted by atomic mass is 9.81. The maximum Gasteiger partial charge on any atom is 0.254 e. The minimum atomic E-state index is -0.390. The Balaban J connectivity index is 2.04. The molecule has 2 heterocycles. The van der Waals surface area contributed by atoms with E-state index in [1.807, 2.05) is 46.7 Å². The zero-order chi connectivity index (χ0) is 20.3. The molecule has 0 saturated heterocycles. The Bertz CT molecular complexity index is 814. The van der Waals surface area contributed by atoms with Gasteiger partial charge in [0.2, 0.25) is 5.91 Å². The van der Waals surface area contributed by atoms with E-state index in [2.05, 4.69) is 33.0 Å². The third-order valence-corrected chi connectivity index (χ3v) is 6.08. The third kappa shape index (κ3) is 4.30. The van der Waals surface area contributed by atoms with E-state index in [4.69, 9.17) is 0 Å². The lowest BCUT2D eigenvalue weighted by molar-refractivity contribution is -0.124. The highest BCUT2D eigenvalue weighted by Crippen LogP contribution is 2.44. The van der Waals surface area contributed by atoms with E-state index in [-0.39, 0.29) is 17.9 Å². The molecule has 4 nitrogen and oxygen atoms in total. The number of nitrogens with one attached hydrogen (secondary N) is 1. The van der Waals surface area contributed by atoms with Crippen molar-refractivity contribution in [2.24, 2.45) is 11.8 Å². The molecule has 0 fully saturated rings. The van der Waals surface area contributed by atoms with Crippen LogP contribution >= 0.6 is 11.3 Å². The first kappa shape index (κ1) is 20.6. The molecule has 28 heavy (non-hydrogen) atoms. The molecule has 2 atom stereocenters. The average molecular weight is 399 g/mol. The molecule has 0 bridgehead atoms. The van der Waals surface area contributed by atoms with Crippen LogP contribution in [-0.2, 0) is 4.79 Å². The molecule has 2 amide bonds. The number of amides is 2. The summed E-state index contributed by atoms with van der Waals surface area (Å²) >= 11 is 1.61. The van der Waals surface area contributed by atoms with Gasteiger partial charge in [-0.15, -0.1) is 11.3 Å². The molecule has 1 aliphatic heterocycles. The van der Waals surface area contributed by atoms with Gasteiger partial charge in [-0.05, 0) is 41.3 Å². The van der Waals surface area contributed by atoms with Crippen molar-refractivity contribution in [3.63, 3.8) is 0 Å². The Morgan fingerprint density at radius 1 is 1.11 bits per heavy atom. The van der Waals surface area contributed by atoms with Crippen molar-refractivity contribution in [2.45, 2.75) is 46.1 Å². The van der Waals surface area contributed by atoms with Crippen molar-refractivity contribution in [2.75, 3.05) is 13.1 Å². The highest BCUT2D eigenvalue weighted by molar-refractivity contribution is 7.10. The van der Waals surface area contributed by atoms with Crippen molar-refractivity contribution >= 4 is 23.2 Å². The fourth-order valence-corrected chi connectivity index (χ4v) is 4.71. The molecule has 1 aliphatic rings. The van der Waals surface area contributed by atoms with Gasteiger partial charge in [-0.25, -0.2) is 0 Å².